The average Bonchev–Trinajstić information content (AvgIpc) is 4.28. The molecule has 16 rings (SSSR count). The van der Waals surface area contributed by atoms with Crippen LogP contribution in [0.4, 0.5) is 17.1 Å². The number of rotatable bonds is 6. The summed E-state index contributed by atoms with van der Waals surface area (Å²) in [5, 5.41) is 7.16. The maximum Gasteiger partial charge on any atom is 0.159 e. The van der Waals surface area contributed by atoms with Gasteiger partial charge in [-0.1, -0.05) is 206 Å². The Morgan fingerprint density at radius 1 is 0.351 bits per heavy atom. The van der Waals surface area contributed by atoms with Crippen LogP contribution in [0, 0.1) is 0 Å². The van der Waals surface area contributed by atoms with Crippen LogP contribution in [0.25, 0.3) is 105 Å². The van der Waals surface area contributed by atoms with Crippen molar-refractivity contribution in [2.45, 2.75) is 5.41 Å². The van der Waals surface area contributed by atoms with E-state index in [1.807, 2.05) is 6.07 Å². The van der Waals surface area contributed by atoms with Crippen LogP contribution in [-0.2, 0) is 5.41 Å². The topological polar surface area (TPSA) is 21.3 Å². The molecular weight excluding hydrogens is 897 g/mol. The predicted octanol–water partition coefficient (Wildman–Crippen LogP) is 19.0. The predicted molar refractivity (Wildman–Crippen MR) is 307 cm³/mol. The molecule has 3 nitrogen and oxygen atoms in total. The highest BCUT2D eigenvalue weighted by atomic mass is 16.3. The Morgan fingerprint density at radius 3 is 1.64 bits per heavy atom. The van der Waals surface area contributed by atoms with E-state index in [9.17, 15) is 0 Å². The van der Waals surface area contributed by atoms with Gasteiger partial charge in [-0.15, -0.1) is 0 Å². The first-order chi connectivity index (χ1) is 36.7. The number of hydrogen-bond donors (Lipinski definition) is 0. The van der Waals surface area contributed by atoms with Crippen molar-refractivity contribution in [3.8, 4) is 50.2 Å². The van der Waals surface area contributed by atoms with Gasteiger partial charge in [0.1, 0.15) is 5.58 Å². The van der Waals surface area contributed by atoms with Crippen molar-refractivity contribution in [3.63, 3.8) is 0 Å². The fraction of sp³-hybridized carbons (Fsp3) is 0.0141. The van der Waals surface area contributed by atoms with Crippen LogP contribution in [0.15, 0.2) is 271 Å². The normalized spacial score (nSPS) is 13.0. The summed E-state index contributed by atoms with van der Waals surface area (Å²) < 4.78 is 9.22. The van der Waals surface area contributed by atoms with Gasteiger partial charge < -0.3 is 13.9 Å². The number of aromatic nitrogens is 1. The van der Waals surface area contributed by atoms with E-state index in [0.717, 1.165) is 50.1 Å². The highest BCUT2D eigenvalue weighted by molar-refractivity contribution is 6.20. The van der Waals surface area contributed by atoms with Gasteiger partial charge in [-0.3, -0.25) is 0 Å². The Bertz CT molecular complexity index is 4550. The van der Waals surface area contributed by atoms with Crippen molar-refractivity contribution in [2.75, 3.05) is 4.90 Å². The number of fused-ring (bicyclic) bond motifs is 18. The van der Waals surface area contributed by atoms with Crippen molar-refractivity contribution < 1.29 is 4.42 Å². The summed E-state index contributed by atoms with van der Waals surface area (Å²) in [6.45, 7) is 0. The van der Waals surface area contributed by atoms with Gasteiger partial charge in [-0.25, -0.2) is 0 Å². The summed E-state index contributed by atoms with van der Waals surface area (Å²) >= 11 is 0. The van der Waals surface area contributed by atoms with Gasteiger partial charge in [-0.05, 0) is 133 Å². The van der Waals surface area contributed by atoms with Crippen molar-refractivity contribution >= 4 is 71.6 Å². The Labute approximate surface area is 428 Å². The van der Waals surface area contributed by atoms with Crippen molar-refractivity contribution in [1.82, 2.24) is 4.57 Å². The molecule has 0 radical (unpaired) electrons. The van der Waals surface area contributed by atoms with E-state index in [1.165, 1.54) is 93.9 Å². The molecule has 0 amide bonds. The number of anilines is 3. The monoisotopic (exact) mass is 940 g/mol. The van der Waals surface area contributed by atoms with Crippen molar-refractivity contribution in [1.29, 1.82) is 0 Å². The maximum absolute atomic E-state index is 6.70. The summed E-state index contributed by atoms with van der Waals surface area (Å²) in [4.78, 5) is 2.33. The smallest absolute Gasteiger partial charge is 0.159 e. The molecule has 2 aliphatic carbocycles. The minimum Gasteiger partial charge on any atom is -0.454 e. The molecule has 2 aromatic heterocycles. The van der Waals surface area contributed by atoms with Crippen LogP contribution in [-0.4, -0.2) is 4.57 Å². The fourth-order valence-electron chi connectivity index (χ4n) is 13.1. The van der Waals surface area contributed by atoms with Crippen molar-refractivity contribution in [3.05, 3.63) is 289 Å². The molecule has 2 heterocycles. The first-order valence-electron chi connectivity index (χ1n) is 25.6. The lowest BCUT2D eigenvalue weighted by atomic mass is 9.70. The summed E-state index contributed by atoms with van der Waals surface area (Å²) in [7, 11) is 0. The summed E-state index contributed by atoms with van der Waals surface area (Å²) in [5.74, 6) is 0. The van der Waals surface area contributed by atoms with E-state index < -0.39 is 5.41 Å². The minimum atomic E-state index is -0.449. The van der Waals surface area contributed by atoms with Crippen LogP contribution in [0.2, 0.25) is 0 Å². The molecule has 344 valence electrons. The third kappa shape index (κ3) is 5.66. The van der Waals surface area contributed by atoms with E-state index in [4.69, 9.17) is 4.42 Å². The lowest BCUT2D eigenvalue weighted by Crippen LogP contribution is -2.25. The van der Waals surface area contributed by atoms with E-state index in [0.29, 0.717) is 0 Å². The fourth-order valence-corrected chi connectivity index (χ4v) is 13.1. The van der Waals surface area contributed by atoms with Crippen LogP contribution in [0.3, 0.4) is 0 Å². The zero-order valence-corrected chi connectivity index (χ0v) is 40.2. The molecule has 0 aliphatic heterocycles. The highest BCUT2D eigenvalue weighted by Gasteiger charge is 2.52. The molecule has 14 aromatic rings. The molecule has 0 saturated heterocycles. The van der Waals surface area contributed by atoms with Gasteiger partial charge in [-0.2, -0.15) is 0 Å². The third-order valence-corrected chi connectivity index (χ3v) is 16.2. The first-order valence-corrected chi connectivity index (χ1v) is 25.6. The van der Waals surface area contributed by atoms with Crippen LogP contribution < -0.4 is 4.90 Å². The zero-order chi connectivity index (χ0) is 48.5. The molecule has 1 spiro atoms. The van der Waals surface area contributed by atoms with Gasteiger partial charge in [0.25, 0.3) is 0 Å². The summed E-state index contributed by atoms with van der Waals surface area (Å²) in [6, 6.07) is 98.2. The number of para-hydroxylation sites is 2. The first kappa shape index (κ1) is 41.0. The second kappa shape index (κ2) is 15.6. The Hall–Kier alpha value is -9.70. The van der Waals surface area contributed by atoms with E-state index >= 15 is 0 Å². The van der Waals surface area contributed by atoms with Gasteiger partial charge in [0.05, 0.1) is 27.8 Å². The van der Waals surface area contributed by atoms with Gasteiger partial charge in [0, 0.05) is 38.3 Å². The molecule has 0 saturated carbocycles. The lowest BCUT2D eigenvalue weighted by Gasteiger charge is -2.30. The Morgan fingerprint density at radius 2 is 0.892 bits per heavy atom. The molecule has 0 atom stereocenters. The van der Waals surface area contributed by atoms with E-state index in [2.05, 4.69) is 270 Å². The molecule has 0 N–H and O–H groups in total. The molecule has 3 heteroatoms. The molecule has 0 fully saturated rings. The minimum absolute atomic E-state index is 0.449. The van der Waals surface area contributed by atoms with Gasteiger partial charge in [0.2, 0.25) is 0 Å². The van der Waals surface area contributed by atoms with Gasteiger partial charge >= 0.3 is 0 Å². The Balaban J connectivity index is 0.909. The van der Waals surface area contributed by atoms with E-state index in [1.54, 1.807) is 0 Å². The van der Waals surface area contributed by atoms with Gasteiger partial charge in [0.15, 0.2) is 5.58 Å². The number of furan rings is 1. The van der Waals surface area contributed by atoms with Crippen molar-refractivity contribution in [2.24, 2.45) is 0 Å². The quantitative estimate of drug-likeness (QED) is 0.166. The molecule has 0 bridgehead atoms. The average molecular weight is 941 g/mol. The molecule has 2 aliphatic rings. The molecule has 74 heavy (non-hydrogen) atoms. The summed E-state index contributed by atoms with van der Waals surface area (Å²) in [5.41, 5.74) is 23.2. The molecule has 0 unspecified atom stereocenters. The SMILES string of the molecule is c1ccc(-c2ccc(N(c3ccc(-c4ccc5c(c4)c4c6c(ccc4n5-c4cccc5ccccc45)C4(c5ccccc5-c5ccccc54)c4ccccc4-6)cc3)c3cccc4c3oc3ccccc34)cc2)cc1. The summed E-state index contributed by atoms with van der Waals surface area (Å²) in [6.07, 6.45) is 0. The number of nitrogens with zero attached hydrogens (tertiary/aromatic N) is 2. The number of benzene rings is 12. The molecule has 12 aromatic carbocycles. The van der Waals surface area contributed by atoms with Crippen LogP contribution in [0.5, 0.6) is 0 Å². The second-order valence-electron chi connectivity index (χ2n) is 19.9. The largest absolute Gasteiger partial charge is 0.454 e. The highest BCUT2D eigenvalue weighted by Crippen LogP contribution is 2.64. The Kier molecular flexibility index (Phi) is 8.66. The van der Waals surface area contributed by atoms with Crippen LogP contribution in [0.1, 0.15) is 22.3 Å². The van der Waals surface area contributed by atoms with Crippen LogP contribution >= 0.6 is 0 Å². The number of hydrogen-bond acceptors (Lipinski definition) is 2. The second-order valence-corrected chi connectivity index (χ2v) is 19.9. The zero-order valence-electron chi connectivity index (χ0n) is 40.2. The third-order valence-electron chi connectivity index (χ3n) is 16.2. The standard InChI is InChI=1S/C71H44N2O/c1-2-16-45(17-3-1)46-32-37-50(38-33-46)72(66-30-15-25-56-55-23-9-13-31-67(55)74-70(56)66)51-39-34-47(35-40-51)49-36-42-64-58(44-49)69-65(73(64)63-29-14-19-48-18-4-5-20-52(48)63)43-41-62-68(69)57-24-8-12-28-61(57)71(62)59-26-10-6-21-53(59)54-22-7-11-27-60(54)71/h1-44H. The van der Waals surface area contributed by atoms with E-state index in [-0.39, 0.29) is 0 Å². The maximum atomic E-state index is 6.70. The molecular formula is C71H44N2O. The lowest BCUT2D eigenvalue weighted by molar-refractivity contribution is 0.669.